The lowest BCUT2D eigenvalue weighted by Gasteiger charge is -2.18. The Balaban J connectivity index is 1.36. The zero-order valence-corrected chi connectivity index (χ0v) is 24.1. The van der Waals surface area contributed by atoms with Gasteiger partial charge in [0.05, 0.1) is 28.7 Å². The van der Waals surface area contributed by atoms with Gasteiger partial charge in [-0.15, -0.1) is 0 Å². The number of aliphatic imine (C=N–C) groups is 1. The van der Waals surface area contributed by atoms with Crippen molar-refractivity contribution in [3.8, 4) is 0 Å². The van der Waals surface area contributed by atoms with Crippen LogP contribution in [0.2, 0.25) is 10.0 Å². The lowest BCUT2D eigenvalue weighted by Crippen LogP contribution is -2.28. The summed E-state index contributed by atoms with van der Waals surface area (Å²) in [5.41, 5.74) is 2.49. The fourth-order valence-electron chi connectivity index (χ4n) is 3.85. The molecule has 1 aliphatic heterocycles. The lowest BCUT2D eigenvalue weighted by atomic mass is 10.1. The topological polar surface area (TPSA) is 95.2 Å². The number of furan rings is 1. The van der Waals surface area contributed by atoms with E-state index in [-0.39, 0.29) is 27.4 Å². The molecule has 37 heavy (non-hydrogen) atoms. The van der Waals surface area contributed by atoms with Crippen molar-refractivity contribution in [3.05, 3.63) is 85.7 Å². The van der Waals surface area contributed by atoms with Crippen LogP contribution in [0.1, 0.15) is 27.2 Å². The quantitative estimate of drug-likeness (QED) is 0.367. The summed E-state index contributed by atoms with van der Waals surface area (Å²) in [7, 11) is -0.902. The minimum Gasteiger partial charge on any atom is -0.467 e. The van der Waals surface area contributed by atoms with Crippen LogP contribution in [0.5, 0.6) is 0 Å². The summed E-state index contributed by atoms with van der Waals surface area (Å²) in [5.74, 6) is 1.00. The molecule has 0 spiro atoms. The van der Waals surface area contributed by atoms with Crippen molar-refractivity contribution in [2.75, 3.05) is 33.7 Å². The van der Waals surface area contributed by atoms with Crippen molar-refractivity contribution in [2.24, 2.45) is 4.99 Å². The highest BCUT2D eigenvalue weighted by Gasteiger charge is 2.28. The number of nitrogens with zero attached hydrogens (tertiary/aromatic N) is 3. The van der Waals surface area contributed by atoms with Crippen LogP contribution in [-0.2, 0) is 23.0 Å². The molecular formula is C25H25BrCl2N4O4S. The number of carbonyl (C=O) groups is 1. The third-order valence-electron chi connectivity index (χ3n) is 5.89. The highest BCUT2D eigenvalue weighted by atomic mass is 79.9. The molecule has 0 saturated heterocycles. The van der Waals surface area contributed by atoms with E-state index in [1.807, 2.05) is 24.3 Å². The maximum Gasteiger partial charge on any atom is 0.256 e. The second-order valence-corrected chi connectivity index (χ2v) is 12.3. The van der Waals surface area contributed by atoms with Gasteiger partial charge in [-0.3, -0.25) is 9.79 Å². The first-order valence-corrected chi connectivity index (χ1v) is 14.4. The molecule has 4 rings (SSSR count). The molecule has 0 radical (unpaired) electrons. The largest absolute Gasteiger partial charge is 0.467 e. The molecule has 1 aliphatic rings. The molecule has 1 aromatic heterocycles. The number of nitrogens with one attached hydrogen (secondary N) is 1. The Hall–Kier alpha value is -2.37. The molecule has 1 N–H and O–H groups in total. The molecule has 0 fully saturated rings. The van der Waals surface area contributed by atoms with Crippen LogP contribution in [0.4, 0.5) is 0 Å². The van der Waals surface area contributed by atoms with Gasteiger partial charge in [0.2, 0.25) is 10.0 Å². The summed E-state index contributed by atoms with van der Waals surface area (Å²) in [6.07, 6.45) is 2.02. The predicted molar refractivity (Wildman–Crippen MR) is 148 cm³/mol. The van der Waals surface area contributed by atoms with E-state index in [0.29, 0.717) is 28.8 Å². The third-order valence-corrected chi connectivity index (χ3v) is 9.08. The SMILES string of the molecule is CN(CCc1ccc(C2=NCCN2)cc1)C(=O)c1coc(CN(C)S(=O)(=O)c2c(Cl)cc(Br)cc2Cl)c1. The predicted octanol–water partition coefficient (Wildman–Crippen LogP) is 4.83. The third kappa shape index (κ3) is 6.38. The Morgan fingerprint density at radius 3 is 2.43 bits per heavy atom. The molecule has 0 saturated carbocycles. The van der Waals surface area contributed by atoms with Gasteiger partial charge in [0, 0.05) is 37.2 Å². The zero-order chi connectivity index (χ0) is 26.7. The van der Waals surface area contributed by atoms with Crippen molar-refractivity contribution in [1.29, 1.82) is 0 Å². The van der Waals surface area contributed by atoms with Crippen LogP contribution in [-0.4, -0.2) is 63.1 Å². The van der Waals surface area contributed by atoms with E-state index in [4.69, 9.17) is 27.6 Å². The molecule has 3 aromatic rings. The van der Waals surface area contributed by atoms with Crippen LogP contribution in [0.25, 0.3) is 0 Å². The average molecular weight is 628 g/mol. The first-order valence-electron chi connectivity index (χ1n) is 11.4. The van der Waals surface area contributed by atoms with Gasteiger partial charge in [-0.1, -0.05) is 63.4 Å². The fourth-order valence-corrected chi connectivity index (χ4v) is 6.86. The molecule has 0 atom stereocenters. The number of hydrogen-bond donors (Lipinski definition) is 1. The molecule has 1 amide bonds. The number of carbonyl (C=O) groups excluding carboxylic acids is 1. The highest BCUT2D eigenvalue weighted by molar-refractivity contribution is 9.10. The minimum absolute atomic E-state index is 0.00163. The van der Waals surface area contributed by atoms with Crippen LogP contribution in [0, 0.1) is 0 Å². The van der Waals surface area contributed by atoms with Crippen molar-refractivity contribution >= 4 is 60.9 Å². The number of halogens is 3. The summed E-state index contributed by atoms with van der Waals surface area (Å²) in [6, 6.07) is 12.6. The van der Waals surface area contributed by atoms with Gasteiger partial charge in [-0.25, -0.2) is 8.42 Å². The van der Waals surface area contributed by atoms with Crippen LogP contribution in [0.15, 0.2) is 67.5 Å². The highest BCUT2D eigenvalue weighted by Crippen LogP contribution is 2.34. The molecule has 12 heteroatoms. The summed E-state index contributed by atoms with van der Waals surface area (Å²) in [4.78, 5) is 18.7. The standard InChI is InChI=1S/C25H25BrCl2N4O4S/c1-31(10-7-16-3-5-17(6-4-16)24-29-8-9-30-24)25(33)18-11-20(36-15-18)14-32(2)37(34,35)23-21(27)12-19(26)13-22(23)28/h3-6,11-13,15H,7-10,14H2,1-2H3,(H,29,30). The first-order chi connectivity index (χ1) is 17.6. The first kappa shape index (κ1) is 27.7. The van der Waals surface area contributed by atoms with Crippen LogP contribution in [0.3, 0.4) is 0 Å². The number of amides is 1. The van der Waals surface area contributed by atoms with E-state index in [9.17, 15) is 13.2 Å². The van der Waals surface area contributed by atoms with E-state index in [1.54, 1.807) is 18.0 Å². The summed E-state index contributed by atoms with van der Waals surface area (Å²) in [6.45, 7) is 2.06. The average Bonchev–Trinajstić information content (AvgIpc) is 3.54. The van der Waals surface area contributed by atoms with Crippen molar-refractivity contribution in [2.45, 2.75) is 17.9 Å². The monoisotopic (exact) mass is 626 g/mol. The van der Waals surface area contributed by atoms with Crippen molar-refractivity contribution in [3.63, 3.8) is 0 Å². The van der Waals surface area contributed by atoms with E-state index in [0.717, 1.165) is 34.4 Å². The summed E-state index contributed by atoms with van der Waals surface area (Å²) < 4.78 is 33.3. The fraction of sp³-hybridized carbons (Fsp3) is 0.280. The van der Waals surface area contributed by atoms with E-state index in [2.05, 4.69) is 26.2 Å². The zero-order valence-electron chi connectivity index (χ0n) is 20.2. The van der Waals surface area contributed by atoms with E-state index < -0.39 is 10.0 Å². The maximum atomic E-state index is 13.1. The Morgan fingerprint density at radius 1 is 1.14 bits per heavy atom. The van der Waals surface area contributed by atoms with Gasteiger partial charge in [-0.05, 0) is 30.2 Å². The summed E-state index contributed by atoms with van der Waals surface area (Å²) >= 11 is 15.5. The molecule has 196 valence electrons. The van der Waals surface area contributed by atoms with Gasteiger partial charge in [0.25, 0.3) is 5.91 Å². The molecule has 2 heterocycles. The molecular weight excluding hydrogens is 603 g/mol. The van der Waals surface area contributed by atoms with Crippen molar-refractivity contribution in [1.82, 2.24) is 14.5 Å². The van der Waals surface area contributed by atoms with Gasteiger partial charge in [0.1, 0.15) is 22.8 Å². The smallest absolute Gasteiger partial charge is 0.256 e. The number of rotatable bonds is 9. The Labute approximate surface area is 234 Å². The van der Waals surface area contributed by atoms with Crippen LogP contribution < -0.4 is 5.32 Å². The number of sulfonamides is 1. The van der Waals surface area contributed by atoms with Gasteiger partial charge in [-0.2, -0.15) is 4.31 Å². The normalized spacial score (nSPS) is 13.5. The number of benzene rings is 2. The maximum absolute atomic E-state index is 13.1. The van der Waals surface area contributed by atoms with Gasteiger partial charge < -0.3 is 14.6 Å². The van der Waals surface area contributed by atoms with Crippen LogP contribution >= 0.6 is 39.1 Å². The Bertz CT molecular complexity index is 1420. The van der Waals surface area contributed by atoms with Gasteiger partial charge >= 0.3 is 0 Å². The minimum atomic E-state index is -4.01. The molecule has 0 bridgehead atoms. The second-order valence-electron chi connectivity index (χ2n) is 8.59. The second kappa shape index (κ2) is 11.6. The Morgan fingerprint density at radius 2 is 1.81 bits per heavy atom. The molecule has 0 aliphatic carbocycles. The lowest BCUT2D eigenvalue weighted by molar-refractivity contribution is 0.0796. The van der Waals surface area contributed by atoms with Crippen molar-refractivity contribution < 1.29 is 17.6 Å². The molecule has 0 unspecified atom stereocenters. The van der Waals surface area contributed by atoms with Gasteiger partial charge in [0.15, 0.2) is 0 Å². The summed E-state index contributed by atoms with van der Waals surface area (Å²) in [5, 5.41) is 3.25. The Kier molecular flexibility index (Phi) is 8.65. The number of likely N-dealkylation sites (N-methyl/N-ethyl adjacent to an activating group) is 1. The number of hydrogen-bond acceptors (Lipinski definition) is 6. The van der Waals surface area contributed by atoms with E-state index >= 15 is 0 Å². The molecule has 8 nitrogen and oxygen atoms in total. The molecule has 2 aromatic carbocycles. The van der Waals surface area contributed by atoms with E-state index in [1.165, 1.54) is 25.4 Å². The number of amidine groups is 1.